The van der Waals surface area contributed by atoms with Crippen molar-refractivity contribution in [3.8, 4) is 0 Å². The van der Waals surface area contributed by atoms with Crippen molar-refractivity contribution in [2.75, 3.05) is 19.5 Å². The topological polar surface area (TPSA) is 35.5 Å². The SMILES string of the molecule is COC=C(C(=O)OC)c1cccc(Cl)c1CCBr. The fraction of sp³-hybridized carbons (Fsp3) is 0.308. The molecule has 0 spiro atoms. The summed E-state index contributed by atoms with van der Waals surface area (Å²) in [7, 11) is 2.82. The molecule has 0 radical (unpaired) electrons. The Bertz CT molecular complexity index is 458. The Morgan fingerprint density at radius 1 is 1.44 bits per heavy atom. The summed E-state index contributed by atoms with van der Waals surface area (Å²) in [5.74, 6) is -0.449. The van der Waals surface area contributed by atoms with Crippen molar-refractivity contribution in [1.82, 2.24) is 0 Å². The van der Waals surface area contributed by atoms with E-state index < -0.39 is 5.97 Å². The summed E-state index contributed by atoms with van der Waals surface area (Å²) in [4.78, 5) is 11.7. The van der Waals surface area contributed by atoms with E-state index >= 15 is 0 Å². The third-order valence-electron chi connectivity index (χ3n) is 2.39. The van der Waals surface area contributed by atoms with Crippen LogP contribution in [-0.2, 0) is 20.7 Å². The Morgan fingerprint density at radius 2 is 2.17 bits per heavy atom. The quantitative estimate of drug-likeness (QED) is 0.358. The molecule has 0 heterocycles. The Hall–Kier alpha value is -1.000. The molecule has 1 aromatic carbocycles. The molecular formula is C13H14BrClO3. The molecule has 1 rings (SSSR count). The maximum atomic E-state index is 11.7. The fourth-order valence-electron chi connectivity index (χ4n) is 1.61. The lowest BCUT2D eigenvalue weighted by Crippen LogP contribution is -2.07. The second kappa shape index (κ2) is 7.44. The first kappa shape index (κ1) is 15.1. The number of carbonyl (C=O) groups excluding carboxylic acids is 1. The highest BCUT2D eigenvalue weighted by molar-refractivity contribution is 9.09. The zero-order valence-electron chi connectivity index (χ0n) is 10.2. The molecule has 98 valence electrons. The van der Waals surface area contributed by atoms with Crippen molar-refractivity contribution >= 4 is 39.1 Å². The van der Waals surface area contributed by atoms with Gasteiger partial charge in [0.15, 0.2) is 0 Å². The Morgan fingerprint density at radius 3 is 2.72 bits per heavy atom. The summed E-state index contributed by atoms with van der Waals surface area (Å²) in [6, 6.07) is 5.41. The van der Waals surface area contributed by atoms with Gasteiger partial charge in [0.1, 0.15) is 5.57 Å². The van der Waals surface area contributed by atoms with Crippen LogP contribution in [0.1, 0.15) is 11.1 Å². The minimum Gasteiger partial charge on any atom is -0.503 e. The normalized spacial score (nSPS) is 11.2. The highest BCUT2D eigenvalue weighted by Gasteiger charge is 2.18. The van der Waals surface area contributed by atoms with Crippen LogP contribution in [0, 0.1) is 0 Å². The number of benzene rings is 1. The van der Waals surface area contributed by atoms with Crippen LogP contribution in [0.3, 0.4) is 0 Å². The van der Waals surface area contributed by atoms with E-state index in [1.165, 1.54) is 20.5 Å². The monoisotopic (exact) mass is 332 g/mol. The number of methoxy groups -OCH3 is 2. The van der Waals surface area contributed by atoms with Crippen molar-refractivity contribution in [2.45, 2.75) is 6.42 Å². The average Bonchev–Trinajstić information content (AvgIpc) is 2.38. The van der Waals surface area contributed by atoms with Gasteiger partial charge < -0.3 is 9.47 Å². The molecule has 0 aliphatic carbocycles. The minimum atomic E-state index is -0.449. The van der Waals surface area contributed by atoms with E-state index in [0.29, 0.717) is 17.0 Å². The van der Waals surface area contributed by atoms with Gasteiger partial charge in [0.05, 0.1) is 20.5 Å². The van der Waals surface area contributed by atoms with Crippen molar-refractivity contribution in [3.63, 3.8) is 0 Å². The summed E-state index contributed by atoms with van der Waals surface area (Å²) in [5.41, 5.74) is 1.99. The van der Waals surface area contributed by atoms with Crippen LogP contribution < -0.4 is 0 Å². The smallest absolute Gasteiger partial charge is 0.341 e. The molecule has 18 heavy (non-hydrogen) atoms. The zero-order chi connectivity index (χ0) is 13.5. The highest BCUT2D eigenvalue weighted by atomic mass is 79.9. The van der Waals surface area contributed by atoms with Gasteiger partial charge in [0.2, 0.25) is 0 Å². The van der Waals surface area contributed by atoms with Crippen molar-refractivity contribution in [3.05, 3.63) is 40.6 Å². The van der Waals surface area contributed by atoms with Gasteiger partial charge in [-0.25, -0.2) is 4.79 Å². The number of ether oxygens (including phenoxy) is 2. The fourth-order valence-corrected chi connectivity index (χ4v) is 2.27. The minimum absolute atomic E-state index is 0.360. The summed E-state index contributed by atoms with van der Waals surface area (Å²) < 4.78 is 9.69. The molecule has 0 saturated heterocycles. The number of carbonyl (C=O) groups is 1. The molecule has 3 nitrogen and oxygen atoms in total. The number of rotatable bonds is 5. The lowest BCUT2D eigenvalue weighted by Gasteiger charge is -2.12. The van der Waals surface area contributed by atoms with Gasteiger partial charge in [-0.2, -0.15) is 0 Å². The van der Waals surface area contributed by atoms with E-state index in [9.17, 15) is 4.79 Å². The first-order chi connectivity index (χ1) is 8.65. The van der Waals surface area contributed by atoms with Gasteiger partial charge in [-0.1, -0.05) is 39.7 Å². The molecule has 0 aliphatic rings. The molecule has 0 aliphatic heterocycles. The van der Waals surface area contributed by atoms with Gasteiger partial charge in [0.25, 0.3) is 0 Å². The Kier molecular flexibility index (Phi) is 6.22. The van der Waals surface area contributed by atoms with Gasteiger partial charge >= 0.3 is 5.97 Å². The Labute approximate surface area is 120 Å². The maximum absolute atomic E-state index is 11.7. The van der Waals surface area contributed by atoms with E-state index in [1.54, 1.807) is 12.1 Å². The van der Waals surface area contributed by atoms with Gasteiger partial charge in [-0.15, -0.1) is 0 Å². The largest absolute Gasteiger partial charge is 0.503 e. The summed E-state index contributed by atoms with van der Waals surface area (Å²) in [5, 5.41) is 1.38. The summed E-state index contributed by atoms with van der Waals surface area (Å²) in [6.45, 7) is 0. The lowest BCUT2D eigenvalue weighted by atomic mass is 9.99. The van der Waals surface area contributed by atoms with Gasteiger partial charge in [-0.05, 0) is 23.6 Å². The second-order valence-corrected chi connectivity index (χ2v) is 4.66. The van der Waals surface area contributed by atoms with E-state index in [0.717, 1.165) is 16.5 Å². The molecule has 0 bridgehead atoms. The van der Waals surface area contributed by atoms with Crippen molar-refractivity contribution in [2.24, 2.45) is 0 Å². The Balaban J connectivity index is 3.32. The standard InChI is InChI=1S/C13H14BrClO3/c1-17-8-11(13(16)18-2)9-4-3-5-12(15)10(9)6-7-14/h3-5,8H,6-7H2,1-2H3. The van der Waals surface area contributed by atoms with E-state index in [1.807, 2.05) is 6.07 Å². The third kappa shape index (κ3) is 3.50. The molecule has 0 fully saturated rings. The molecule has 5 heteroatoms. The average molecular weight is 334 g/mol. The molecule has 0 amide bonds. The van der Waals surface area contributed by atoms with E-state index in [-0.39, 0.29) is 0 Å². The molecule has 0 N–H and O–H groups in total. The molecule has 0 unspecified atom stereocenters. The number of hydrogen-bond donors (Lipinski definition) is 0. The highest BCUT2D eigenvalue weighted by Crippen LogP contribution is 2.27. The third-order valence-corrected chi connectivity index (χ3v) is 3.15. The number of esters is 1. The molecular weight excluding hydrogens is 319 g/mol. The van der Waals surface area contributed by atoms with Crippen LogP contribution in [0.2, 0.25) is 5.02 Å². The lowest BCUT2D eigenvalue weighted by molar-refractivity contribution is -0.133. The van der Waals surface area contributed by atoms with Crippen molar-refractivity contribution in [1.29, 1.82) is 0 Å². The van der Waals surface area contributed by atoms with E-state index in [4.69, 9.17) is 21.1 Å². The molecule has 0 atom stereocenters. The molecule has 0 saturated carbocycles. The molecule has 0 aromatic heterocycles. The second-order valence-electron chi connectivity index (χ2n) is 3.46. The van der Waals surface area contributed by atoms with Gasteiger partial charge in [0, 0.05) is 10.4 Å². The summed E-state index contributed by atoms with van der Waals surface area (Å²) in [6.07, 6.45) is 2.09. The number of halogens is 2. The maximum Gasteiger partial charge on any atom is 0.341 e. The van der Waals surface area contributed by atoms with Crippen LogP contribution in [-0.4, -0.2) is 25.5 Å². The van der Waals surface area contributed by atoms with Crippen LogP contribution in [0.25, 0.3) is 5.57 Å². The van der Waals surface area contributed by atoms with Crippen LogP contribution >= 0.6 is 27.5 Å². The van der Waals surface area contributed by atoms with Crippen LogP contribution in [0.4, 0.5) is 0 Å². The number of alkyl halides is 1. The first-order valence-corrected chi connectivity index (χ1v) is 6.80. The van der Waals surface area contributed by atoms with Crippen LogP contribution in [0.5, 0.6) is 0 Å². The summed E-state index contributed by atoms with van der Waals surface area (Å²) >= 11 is 9.53. The first-order valence-electron chi connectivity index (χ1n) is 5.30. The predicted octanol–water partition coefficient (Wildman–Crippen LogP) is 3.44. The predicted molar refractivity (Wildman–Crippen MR) is 76.0 cm³/mol. The van der Waals surface area contributed by atoms with Crippen molar-refractivity contribution < 1.29 is 14.3 Å². The zero-order valence-corrected chi connectivity index (χ0v) is 12.5. The van der Waals surface area contributed by atoms with Gasteiger partial charge in [-0.3, -0.25) is 0 Å². The molecule has 1 aromatic rings. The van der Waals surface area contributed by atoms with E-state index in [2.05, 4.69) is 15.9 Å². The number of hydrogen-bond acceptors (Lipinski definition) is 3. The van der Waals surface area contributed by atoms with Crippen LogP contribution in [0.15, 0.2) is 24.5 Å².